The molecule has 0 aliphatic heterocycles. The average molecular weight is 554 g/mol. The third-order valence-corrected chi connectivity index (χ3v) is 15.6. The van der Waals surface area contributed by atoms with Gasteiger partial charge in [0.15, 0.2) is 0 Å². The topological polar surface area (TPSA) is 0 Å². The molecule has 2 aromatic carbocycles. The molecule has 2 aromatic rings. The molecule has 0 bridgehead atoms. The molecule has 0 amide bonds. The predicted molar refractivity (Wildman–Crippen MR) is 140 cm³/mol. The number of benzene rings is 2. The fraction of sp³-hybridized carbons (Fsp3) is 0.440. The third-order valence-electron chi connectivity index (χ3n) is 6.21. The Morgan fingerprint density at radius 3 is 1.93 bits per heavy atom. The van der Waals surface area contributed by atoms with Crippen LogP contribution in [0.25, 0.3) is 17.2 Å². The summed E-state index contributed by atoms with van der Waals surface area (Å²) in [7, 11) is 10.5. The van der Waals surface area contributed by atoms with Crippen molar-refractivity contribution in [2.45, 2.75) is 69.6 Å². The molecule has 1 unspecified atom stereocenters. The molecule has 0 fully saturated rings. The van der Waals surface area contributed by atoms with Gasteiger partial charge in [0.2, 0.25) is 0 Å². The first-order valence-electron chi connectivity index (χ1n) is 11.0. The molecule has 0 N–H and O–H groups in total. The molecule has 161 valence electrons. The van der Waals surface area contributed by atoms with Crippen molar-refractivity contribution in [1.29, 1.82) is 0 Å². The molecule has 1 atom stereocenters. The molecule has 0 nitrogen and oxygen atoms in total. The number of hydrogen-bond acceptors (Lipinski definition) is 0. The van der Waals surface area contributed by atoms with Crippen LogP contribution in [0.5, 0.6) is 0 Å². The summed E-state index contributed by atoms with van der Waals surface area (Å²) < 4.78 is 0.307. The monoisotopic (exact) mass is 551 g/mol. The van der Waals surface area contributed by atoms with Gasteiger partial charge in [-0.1, -0.05) is 0 Å². The van der Waals surface area contributed by atoms with E-state index in [4.69, 9.17) is 17.0 Å². The van der Waals surface area contributed by atoms with E-state index in [0.29, 0.717) is 3.63 Å². The maximum atomic E-state index is 6.68. The second-order valence-electron chi connectivity index (χ2n) is 10.8. The van der Waals surface area contributed by atoms with E-state index in [0.717, 1.165) is 12.8 Å². The Morgan fingerprint density at radius 2 is 1.47 bits per heavy atom. The first-order valence-corrected chi connectivity index (χ1v) is 25.8. The van der Waals surface area contributed by atoms with Crippen molar-refractivity contribution in [3.63, 3.8) is 0 Å². The van der Waals surface area contributed by atoms with Crippen LogP contribution in [0.4, 0.5) is 0 Å². The summed E-state index contributed by atoms with van der Waals surface area (Å²) in [6, 6.07) is 12.1. The van der Waals surface area contributed by atoms with E-state index in [1.165, 1.54) is 33.4 Å². The Bertz CT molecular complexity index is 950. The van der Waals surface area contributed by atoms with Crippen molar-refractivity contribution in [2.75, 3.05) is 0 Å². The van der Waals surface area contributed by atoms with E-state index in [1.807, 2.05) is 0 Å². The molecule has 0 radical (unpaired) electrons. The van der Waals surface area contributed by atoms with Gasteiger partial charge in [-0.3, -0.25) is 0 Å². The third kappa shape index (κ3) is 5.01. The fourth-order valence-electron chi connectivity index (χ4n) is 4.40. The molecular weight excluding hydrogens is 519 g/mol. The Balaban J connectivity index is 2.31. The van der Waals surface area contributed by atoms with Gasteiger partial charge in [-0.05, 0) is 0 Å². The summed E-state index contributed by atoms with van der Waals surface area (Å²) in [5.74, 6) is 0. The van der Waals surface area contributed by atoms with Crippen LogP contribution in [-0.2, 0) is 19.4 Å². The molecular formula is C25H35Cl2Si2Zr. The van der Waals surface area contributed by atoms with Gasteiger partial charge >= 0.3 is 202 Å². The van der Waals surface area contributed by atoms with E-state index < -0.39 is 35.5 Å². The molecule has 0 saturated carbocycles. The van der Waals surface area contributed by atoms with E-state index in [9.17, 15) is 0 Å². The van der Waals surface area contributed by atoms with Gasteiger partial charge in [0, 0.05) is 0 Å². The zero-order valence-electron chi connectivity index (χ0n) is 19.7. The molecule has 30 heavy (non-hydrogen) atoms. The van der Waals surface area contributed by atoms with E-state index in [-0.39, 0.29) is 0 Å². The summed E-state index contributed by atoms with van der Waals surface area (Å²) in [6.45, 7) is 19.2. The summed E-state index contributed by atoms with van der Waals surface area (Å²) in [5.41, 5.74) is 8.38. The van der Waals surface area contributed by atoms with Crippen LogP contribution in [0.1, 0.15) is 40.1 Å². The van der Waals surface area contributed by atoms with Crippen molar-refractivity contribution in [3.8, 4) is 11.1 Å². The molecule has 0 heterocycles. The van der Waals surface area contributed by atoms with Gasteiger partial charge in [-0.15, -0.1) is 0 Å². The number of rotatable bonds is 6. The maximum absolute atomic E-state index is 6.68. The van der Waals surface area contributed by atoms with Gasteiger partial charge in [-0.2, -0.15) is 0 Å². The van der Waals surface area contributed by atoms with Crippen LogP contribution in [0.3, 0.4) is 0 Å². The normalized spacial score (nSPS) is 16.5. The van der Waals surface area contributed by atoms with Crippen molar-refractivity contribution >= 4 is 49.6 Å². The van der Waals surface area contributed by atoms with Gasteiger partial charge in [0.05, 0.1) is 0 Å². The molecule has 1 aliphatic rings. The Hall–Kier alpha value is 0.0769. The van der Waals surface area contributed by atoms with E-state index in [1.54, 1.807) is 10.4 Å². The van der Waals surface area contributed by atoms with Crippen LogP contribution < -0.4 is 10.4 Å². The van der Waals surface area contributed by atoms with Crippen LogP contribution in [0.2, 0.25) is 39.3 Å². The molecule has 0 saturated heterocycles. The standard InChI is InChI=1S/C25H35Si2.2ClH.Zr/c1-9-10-19-13-20-12-11-18(2)25(24(20)14-19)21-15-22(26(3,4)5)17-23(16-21)27(6,7)8;;;/h11-17H,9-10H2,1-8H3;2*1H;/q;;;+2/p-2. The Labute approximate surface area is 200 Å². The van der Waals surface area contributed by atoms with Gasteiger partial charge < -0.3 is 0 Å². The first kappa shape index (κ1) is 24.7. The van der Waals surface area contributed by atoms with Crippen molar-refractivity contribution in [2.24, 2.45) is 0 Å². The molecule has 5 heteroatoms. The second-order valence-corrected chi connectivity index (χ2v) is 29.7. The minimum atomic E-state index is -2.47. The zero-order chi connectivity index (χ0) is 22.4. The number of halogens is 2. The molecule has 0 aromatic heterocycles. The van der Waals surface area contributed by atoms with Crippen LogP contribution in [0, 0.1) is 6.92 Å². The molecule has 0 spiro atoms. The van der Waals surface area contributed by atoms with E-state index in [2.05, 4.69) is 89.5 Å². The van der Waals surface area contributed by atoms with Crippen molar-refractivity contribution in [1.82, 2.24) is 0 Å². The van der Waals surface area contributed by atoms with Crippen LogP contribution in [0.15, 0.2) is 35.9 Å². The molecule has 3 rings (SSSR count). The average Bonchev–Trinajstić information content (AvgIpc) is 2.98. The number of hydrogen-bond donors (Lipinski definition) is 0. The van der Waals surface area contributed by atoms with Crippen LogP contribution >= 0.6 is 17.0 Å². The van der Waals surface area contributed by atoms with Crippen molar-refractivity contribution in [3.05, 3.63) is 52.6 Å². The van der Waals surface area contributed by atoms with Crippen molar-refractivity contribution < 1.29 is 19.4 Å². The summed E-state index contributed by atoms with van der Waals surface area (Å²) >= 11 is -2.47. The SMILES string of the molecule is CCCC1=Cc2c(ccc(C)c2-c2cc([Si](C)(C)C)cc([Si](C)(C)C)c2)[CH]1[Zr]([Cl])[Cl]. The summed E-state index contributed by atoms with van der Waals surface area (Å²) in [5, 5.41) is 3.13. The quantitative estimate of drug-likeness (QED) is 0.319. The summed E-state index contributed by atoms with van der Waals surface area (Å²) in [6.07, 6.45) is 4.67. The molecule has 1 aliphatic carbocycles. The Morgan fingerprint density at radius 1 is 0.900 bits per heavy atom. The van der Waals surface area contributed by atoms with Gasteiger partial charge in [-0.25, -0.2) is 0 Å². The zero-order valence-corrected chi connectivity index (χ0v) is 25.7. The minimum absolute atomic E-state index is 0.307. The first-order chi connectivity index (χ1) is 13.8. The second kappa shape index (κ2) is 9.14. The van der Waals surface area contributed by atoms with E-state index >= 15 is 0 Å². The fourth-order valence-corrected chi connectivity index (χ4v) is 12.4. The predicted octanol–water partition coefficient (Wildman–Crippen LogP) is 7.92. The number of aryl methyl sites for hydroxylation is 1. The van der Waals surface area contributed by atoms with Gasteiger partial charge in [0.25, 0.3) is 0 Å². The number of fused-ring (bicyclic) bond motifs is 1. The van der Waals surface area contributed by atoms with Crippen LogP contribution in [-0.4, -0.2) is 16.1 Å². The Kier molecular flexibility index (Phi) is 7.53. The number of allylic oxidation sites excluding steroid dienone is 1. The van der Waals surface area contributed by atoms with Gasteiger partial charge in [0.1, 0.15) is 0 Å². The summed E-state index contributed by atoms with van der Waals surface area (Å²) in [4.78, 5) is 0.